The van der Waals surface area contributed by atoms with Crippen LogP contribution in [0.1, 0.15) is 53.1 Å². The van der Waals surface area contributed by atoms with Gasteiger partial charge < -0.3 is 26.0 Å². The molecule has 1 aromatic carbocycles. The van der Waals surface area contributed by atoms with Crippen LogP contribution in [0.4, 0.5) is 0 Å². The summed E-state index contributed by atoms with van der Waals surface area (Å²) in [4.78, 5) is 44.3. The van der Waals surface area contributed by atoms with Crippen LogP contribution in [-0.2, 0) is 29.0 Å². The third-order valence-corrected chi connectivity index (χ3v) is 7.12. The summed E-state index contributed by atoms with van der Waals surface area (Å²) in [6.07, 6.45) is 3.79. The van der Waals surface area contributed by atoms with Crippen LogP contribution in [0.25, 0.3) is 10.9 Å². The molecular formula is C26H30BrN5O4. The van der Waals surface area contributed by atoms with Crippen molar-refractivity contribution in [3.63, 3.8) is 0 Å². The van der Waals surface area contributed by atoms with Crippen molar-refractivity contribution in [1.82, 2.24) is 25.9 Å². The van der Waals surface area contributed by atoms with Gasteiger partial charge in [-0.05, 0) is 59.3 Å². The number of aryl methyl sites for hydroxylation is 1. The number of fused-ring (bicyclic) bond motifs is 2. The van der Waals surface area contributed by atoms with Crippen LogP contribution in [0.5, 0.6) is 0 Å². The number of aromatic amines is 1. The summed E-state index contributed by atoms with van der Waals surface area (Å²) in [6.45, 7) is 1.98. The fraction of sp³-hybridized carbons (Fsp3) is 0.385. The van der Waals surface area contributed by atoms with Crippen LogP contribution < -0.4 is 16.0 Å². The van der Waals surface area contributed by atoms with Crippen LogP contribution in [0.2, 0.25) is 0 Å². The van der Waals surface area contributed by atoms with E-state index in [2.05, 4.69) is 49.0 Å². The summed E-state index contributed by atoms with van der Waals surface area (Å²) in [5.74, 6) is -1.81. The Morgan fingerprint density at radius 3 is 2.78 bits per heavy atom. The summed E-state index contributed by atoms with van der Waals surface area (Å²) in [7, 11) is 0. The molecule has 0 radical (unpaired) electrons. The zero-order valence-electron chi connectivity index (χ0n) is 19.9. The van der Waals surface area contributed by atoms with Crippen molar-refractivity contribution in [2.24, 2.45) is 0 Å². The van der Waals surface area contributed by atoms with Crippen molar-refractivity contribution >= 4 is 44.6 Å². The standard InChI is InChI=1S/C26H30BrN5O4/c27-23-18-6-2-3-7-20(18)31-24(23)25(34)32-21(26(35)36)12-14-29-22(33)8-4-1-5-17-10-9-16-15-28-13-11-19(16)30-17/h2-3,6-7,9-10,21,28,31H,1,4-5,8,11-15H2,(H,29,33)(H,32,34)(H,35,36)/t21-/m0/s1. The highest BCUT2D eigenvalue weighted by atomic mass is 79.9. The predicted octanol–water partition coefficient (Wildman–Crippen LogP) is 3.07. The smallest absolute Gasteiger partial charge is 0.326 e. The number of nitrogens with zero attached hydrogens (tertiary/aromatic N) is 1. The number of H-pyrrole nitrogens is 1. The number of para-hydroxylation sites is 1. The van der Waals surface area contributed by atoms with Gasteiger partial charge >= 0.3 is 5.97 Å². The Balaban J connectivity index is 1.18. The molecule has 1 aliphatic rings. The number of benzene rings is 1. The van der Waals surface area contributed by atoms with Gasteiger partial charge in [0.1, 0.15) is 11.7 Å². The van der Waals surface area contributed by atoms with E-state index in [1.807, 2.05) is 24.3 Å². The molecule has 3 aromatic rings. The summed E-state index contributed by atoms with van der Waals surface area (Å²) in [5, 5.41) is 19.0. The molecule has 0 bridgehead atoms. The lowest BCUT2D eigenvalue weighted by molar-refractivity contribution is -0.139. The van der Waals surface area contributed by atoms with Crippen LogP contribution in [0.15, 0.2) is 40.9 Å². The van der Waals surface area contributed by atoms with Crippen molar-refractivity contribution in [3.8, 4) is 0 Å². The zero-order chi connectivity index (χ0) is 25.5. The highest BCUT2D eigenvalue weighted by Crippen LogP contribution is 2.27. The minimum absolute atomic E-state index is 0.0819. The van der Waals surface area contributed by atoms with E-state index < -0.39 is 17.9 Å². The number of halogens is 1. The van der Waals surface area contributed by atoms with E-state index in [4.69, 9.17) is 4.98 Å². The van der Waals surface area contributed by atoms with Gasteiger partial charge in [0.25, 0.3) is 5.91 Å². The van der Waals surface area contributed by atoms with Gasteiger partial charge in [0.15, 0.2) is 0 Å². The van der Waals surface area contributed by atoms with Gasteiger partial charge in [0.05, 0.1) is 4.47 Å². The quantitative estimate of drug-likeness (QED) is 0.231. The first kappa shape index (κ1) is 25.8. The van der Waals surface area contributed by atoms with Gasteiger partial charge in [-0.25, -0.2) is 4.79 Å². The number of hydrogen-bond acceptors (Lipinski definition) is 5. The number of amides is 2. The van der Waals surface area contributed by atoms with Gasteiger partial charge in [-0.2, -0.15) is 0 Å². The number of hydrogen-bond donors (Lipinski definition) is 5. The zero-order valence-corrected chi connectivity index (χ0v) is 21.5. The van der Waals surface area contributed by atoms with Crippen molar-refractivity contribution in [3.05, 3.63) is 63.5 Å². The first-order valence-electron chi connectivity index (χ1n) is 12.2. The van der Waals surface area contributed by atoms with E-state index in [0.717, 1.165) is 55.4 Å². The molecule has 0 fully saturated rings. The average molecular weight is 556 g/mol. The van der Waals surface area contributed by atoms with Crippen LogP contribution in [-0.4, -0.2) is 52.0 Å². The molecule has 0 saturated carbocycles. The summed E-state index contributed by atoms with van der Waals surface area (Å²) in [5.41, 5.74) is 4.51. The lowest BCUT2D eigenvalue weighted by atomic mass is 10.0. The number of pyridine rings is 1. The lowest BCUT2D eigenvalue weighted by Crippen LogP contribution is -2.43. The number of nitrogens with one attached hydrogen (secondary N) is 4. The molecule has 3 heterocycles. The molecule has 1 atom stereocenters. The number of carbonyl (C=O) groups excluding carboxylic acids is 2. The first-order chi connectivity index (χ1) is 17.4. The lowest BCUT2D eigenvalue weighted by Gasteiger charge is -2.16. The third kappa shape index (κ3) is 6.50. The van der Waals surface area contributed by atoms with E-state index in [1.165, 1.54) is 11.3 Å². The monoisotopic (exact) mass is 555 g/mol. The van der Waals surface area contributed by atoms with E-state index in [9.17, 15) is 19.5 Å². The first-order valence-corrected chi connectivity index (χ1v) is 13.0. The molecule has 0 spiro atoms. The average Bonchev–Trinajstić information content (AvgIpc) is 3.22. The second-order valence-corrected chi connectivity index (χ2v) is 9.70. The highest BCUT2D eigenvalue weighted by Gasteiger charge is 2.23. The maximum atomic E-state index is 12.7. The number of unbranched alkanes of at least 4 members (excludes halogenated alkanes) is 1. The second kappa shape index (κ2) is 12.1. The predicted molar refractivity (Wildman–Crippen MR) is 140 cm³/mol. The van der Waals surface area contributed by atoms with E-state index in [-0.39, 0.29) is 24.6 Å². The molecule has 0 saturated heterocycles. The third-order valence-electron chi connectivity index (χ3n) is 6.30. The molecule has 0 unspecified atom stereocenters. The van der Waals surface area contributed by atoms with Crippen molar-refractivity contribution < 1.29 is 19.5 Å². The molecule has 36 heavy (non-hydrogen) atoms. The number of carbonyl (C=O) groups is 3. The second-order valence-electron chi connectivity index (χ2n) is 8.90. The summed E-state index contributed by atoms with van der Waals surface area (Å²) >= 11 is 3.41. The SMILES string of the molecule is O=C(CCCCc1ccc2c(n1)CCNC2)NCC[C@H](NC(=O)c1[nH]c2ccccc2c1Br)C(=O)O. The van der Waals surface area contributed by atoms with Crippen molar-refractivity contribution in [2.45, 2.75) is 51.1 Å². The summed E-state index contributed by atoms with van der Waals surface area (Å²) in [6, 6.07) is 10.5. The molecular weight excluding hydrogens is 526 g/mol. The maximum Gasteiger partial charge on any atom is 0.326 e. The fourth-order valence-electron chi connectivity index (χ4n) is 4.31. The fourth-order valence-corrected chi connectivity index (χ4v) is 4.93. The normalized spacial score (nSPS) is 13.7. The van der Waals surface area contributed by atoms with Gasteiger partial charge in [-0.15, -0.1) is 0 Å². The van der Waals surface area contributed by atoms with Gasteiger partial charge in [0, 0.05) is 54.8 Å². The van der Waals surface area contributed by atoms with Crippen LogP contribution in [0.3, 0.4) is 0 Å². The molecule has 1 aliphatic heterocycles. The molecule has 10 heteroatoms. The van der Waals surface area contributed by atoms with Crippen LogP contribution in [0, 0.1) is 0 Å². The molecule has 9 nitrogen and oxygen atoms in total. The van der Waals surface area contributed by atoms with Crippen molar-refractivity contribution in [2.75, 3.05) is 13.1 Å². The molecule has 190 valence electrons. The Morgan fingerprint density at radius 1 is 1.14 bits per heavy atom. The minimum atomic E-state index is -1.15. The molecule has 4 rings (SSSR count). The maximum absolute atomic E-state index is 12.7. The minimum Gasteiger partial charge on any atom is -0.480 e. The number of aromatic nitrogens is 2. The topological polar surface area (TPSA) is 136 Å². The van der Waals surface area contributed by atoms with E-state index in [0.29, 0.717) is 10.9 Å². The van der Waals surface area contributed by atoms with Gasteiger partial charge in [-0.1, -0.05) is 24.3 Å². The van der Waals surface area contributed by atoms with Gasteiger partial charge in [-0.3, -0.25) is 14.6 Å². The van der Waals surface area contributed by atoms with E-state index in [1.54, 1.807) is 0 Å². The Labute approximate surface area is 217 Å². The van der Waals surface area contributed by atoms with Crippen molar-refractivity contribution in [1.29, 1.82) is 0 Å². The molecule has 2 aromatic heterocycles. The molecule has 5 N–H and O–H groups in total. The number of rotatable bonds is 11. The number of carboxylic acid groups (broad SMARTS) is 1. The Kier molecular flexibility index (Phi) is 8.71. The van der Waals surface area contributed by atoms with E-state index >= 15 is 0 Å². The molecule has 2 amide bonds. The highest BCUT2D eigenvalue weighted by molar-refractivity contribution is 9.10. The Morgan fingerprint density at radius 2 is 1.97 bits per heavy atom. The van der Waals surface area contributed by atoms with Gasteiger partial charge in [0.2, 0.25) is 5.91 Å². The largest absolute Gasteiger partial charge is 0.480 e. The summed E-state index contributed by atoms with van der Waals surface area (Å²) < 4.78 is 0.579. The van der Waals surface area contributed by atoms with Crippen LogP contribution >= 0.6 is 15.9 Å². The number of aliphatic carboxylic acids is 1. The Hall–Kier alpha value is -3.24. The molecule has 0 aliphatic carbocycles. The Bertz CT molecular complexity index is 1260. The number of carboxylic acids is 1.